The van der Waals surface area contributed by atoms with Gasteiger partial charge in [0.1, 0.15) is 5.82 Å². The molecule has 0 radical (unpaired) electrons. The highest BCUT2D eigenvalue weighted by molar-refractivity contribution is 5.81. The first-order chi connectivity index (χ1) is 11.6. The second-order valence-electron chi connectivity index (χ2n) is 5.57. The largest absolute Gasteiger partial charge is 0.256 e. The summed E-state index contributed by atoms with van der Waals surface area (Å²) < 4.78 is 15.4. The van der Waals surface area contributed by atoms with E-state index in [9.17, 15) is 4.39 Å². The molecule has 0 aliphatic carbocycles. The zero-order chi connectivity index (χ0) is 16.7. The lowest BCUT2D eigenvalue weighted by Crippen LogP contribution is -1.97. The number of benzene rings is 1. The smallest absolute Gasteiger partial charge is 0.177 e. The first-order valence-electron chi connectivity index (χ1n) is 7.54. The van der Waals surface area contributed by atoms with E-state index in [1.54, 1.807) is 41.1 Å². The summed E-state index contributed by atoms with van der Waals surface area (Å²) in [4.78, 5) is 13.2. The highest BCUT2D eigenvalue weighted by atomic mass is 19.1. The van der Waals surface area contributed by atoms with E-state index in [4.69, 9.17) is 0 Å². The van der Waals surface area contributed by atoms with E-state index in [2.05, 4.69) is 20.1 Å². The topological polar surface area (TPSA) is 56.0 Å². The van der Waals surface area contributed by atoms with E-state index in [0.29, 0.717) is 16.7 Å². The standard InChI is InChI=1S/C18H14FN5/c1-11-10-20-12(2)18-22-17(23-24(11)18)9-7-13-6-8-14-15(19)4-3-5-16(14)21-13/h3-10H,1-2H3. The molecule has 4 rings (SSSR count). The average molecular weight is 319 g/mol. The molecule has 118 valence electrons. The Hall–Kier alpha value is -3.15. The summed E-state index contributed by atoms with van der Waals surface area (Å²) in [7, 11) is 0. The molecule has 6 heteroatoms. The van der Waals surface area contributed by atoms with E-state index in [-0.39, 0.29) is 5.82 Å². The van der Waals surface area contributed by atoms with Crippen LogP contribution in [0.3, 0.4) is 0 Å². The summed E-state index contributed by atoms with van der Waals surface area (Å²) in [5.41, 5.74) is 3.83. The molecule has 1 aromatic carbocycles. The van der Waals surface area contributed by atoms with Gasteiger partial charge >= 0.3 is 0 Å². The van der Waals surface area contributed by atoms with Crippen molar-refractivity contribution in [3.05, 3.63) is 65.3 Å². The molecule has 0 spiro atoms. The van der Waals surface area contributed by atoms with Gasteiger partial charge in [-0.15, -0.1) is 5.10 Å². The average Bonchev–Trinajstić information content (AvgIpc) is 3.02. The fraction of sp³-hybridized carbons (Fsp3) is 0.111. The predicted octanol–water partition coefficient (Wildman–Crippen LogP) is 3.60. The Balaban J connectivity index is 1.72. The minimum absolute atomic E-state index is 0.268. The van der Waals surface area contributed by atoms with Gasteiger partial charge in [0.05, 0.1) is 22.6 Å². The molecule has 5 nitrogen and oxygen atoms in total. The summed E-state index contributed by atoms with van der Waals surface area (Å²) in [5, 5.41) is 4.97. The third kappa shape index (κ3) is 2.42. The third-order valence-corrected chi connectivity index (χ3v) is 3.83. The van der Waals surface area contributed by atoms with Crippen LogP contribution in [0, 0.1) is 19.7 Å². The van der Waals surface area contributed by atoms with Gasteiger partial charge < -0.3 is 0 Å². The van der Waals surface area contributed by atoms with Crippen molar-refractivity contribution in [1.29, 1.82) is 0 Å². The highest BCUT2D eigenvalue weighted by Gasteiger charge is 2.07. The lowest BCUT2D eigenvalue weighted by molar-refractivity contribution is 0.639. The van der Waals surface area contributed by atoms with Gasteiger partial charge in [-0.25, -0.2) is 18.9 Å². The van der Waals surface area contributed by atoms with Crippen molar-refractivity contribution >= 4 is 28.7 Å². The molecule has 0 unspecified atom stereocenters. The summed E-state index contributed by atoms with van der Waals surface area (Å²) >= 11 is 0. The maximum absolute atomic E-state index is 13.7. The molecule has 0 atom stereocenters. The molecule has 0 aliphatic heterocycles. The number of aromatic nitrogens is 5. The Bertz CT molecular complexity index is 1060. The summed E-state index contributed by atoms with van der Waals surface area (Å²) in [6.45, 7) is 3.83. The van der Waals surface area contributed by atoms with Gasteiger partial charge in [0.15, 0.2) is 11.5 Å². The van der Waals surface area contributed by atoms with Crippen LogP contribution in [-0.2, 0) is 0 Å². The number of pyridine rings is 1. The molecule has 0 bridgehead atoms. The van der Waals surface area contributed by atoms with Crippen LogP contribution in [0.5, 0.6) is 0 Å². The summed E-state index contributed by atoms with van der Waals surface area (Å²) in [6.07, 6.45) is 5.38. The van der Waals surface area contributed by atoms with Gasteiger partial charge in [-0.1, -0.05) is 6.07 Å². The normalized spacial score (nSPS) is 11.8. The SMILES string of the molecule is Cc1ncc(C)n2nc(C=Cc3ccc4c(F)cccc4n3)nc12. The maximum Gasteiger partial charge on any atom is 0.177 e. The van der Waals surface area contributed by atoms with E-state index >= 15 is 0 Å². The lowest BCUT2D eigenvalue weighted by Gasteiger charge is -1.99. The van der Waals surface area contributed by atoms with E-state index in [1.165, 1.54) is 6.07 Å². The Labute approximate surface area is 137 Å². The minimum atomic E-state index is -0.268. The lowest BCUT2D eigenvalue weighted by atomic mass is 10.2. The second-order valence-corrected chi connectivity index (χ2v) is 5.57. The predicted molar refractivity (Wildman–Crippen MR) is 90.9 cm³/mol. The number of nitrogens with zero attached hydrogens (tertiary/aromatic N) is 5. The van der Waals surface area contributed by atoms with E-state index in [1.807, 2.05) is 19.9 Å². The molecule has 0 saturated heterocycles. The Morgan fingerprint density at radius 3 is 2.75 bits per heavy atom. The molecular formula is C18H14FN5. The minimum Gasteiger partial charge on any atom is -0.256 e. The Morgan fingerprint density at radius 2 is 1.92 bits per heavy atom. The fourth-order valence-electron chi connectivity index (χ4n) is 2.57. The van der Waals surface area contributed by atoms with Gasteiger partial charge in [0.2, 0.25) is 0 Å². The van der Waals surface area contributed by atoms with Gasteiger partial charge in [0.25, 0.3) is 0 Å². The number of hydrogen-bond donors (Lipinski definition) is 0. The number of halogens is 1. The van der Waals surface area contributed by atoms with Crippen LogP contribution < -0.4 is 0 Å². The van der Waals surface area contributed by atoms with Crippen molar-refractivity contribution in [3.8, 4) is 0 Å². The third-order valence-electron chi connectivity index (χ3n) is 3.83. The number of aryl methyl sites for hydroxylation is 2. The number of hydrogen-bond acceptors (Lipinski definition) is 4. The van der Waals surface area contributed by atoms with Crippen molar-refractivity contribution in [1.82, 2.24) is 24.6 Å². The molecule has 0 saturated carbocycles. The zero-order valence-corrected chi connectivity index (χ0v) is 13.2. The molecule has 0 fully saturated rings. The first kappa shape index (κ1) is 14.4. The van der Waals surface area contributed by atoms with Crippen LogP contribution in [0.1, 0.15) is 22.9 Å². The molecule has 3 aromatic heterocycles. The molecule has 0 aliphatic rings. The maximum atomic E-state index is 13.7. The Morgan fingerprint density at radius 1 is 1.04 bits per heavy atom. The summed E-state index contributed by atoms with van der Waals surface area (Å²) in [6, 6.07) is 8.37. The number of rotatable bonds is 2. The van der Waals surface area contributed by atoms with Crippen LogP contribution in [0.25, 0.3) is 28.7 Å². The first-order valence-corrected chi connectivity index (χ1v) is 7.54. The quantitative estimate of drug-likeness (QED) is 0.566. The van der Waals surface area contributed by atoms with Crippen LogP contribution in [0.15, 0.2) is 36.5 Å². The van der Waals surface area contributed by atoms with Crippen molar-refractivity contribution < 1.29 is 4.39 Å². The molecule has 24 heavy (non-hydrogen) atoms. The van der Waals surface area contributed by atoms with E-state index in [0.717, 1.165) is 22.7 Å². The van der Waals surface area contributed by atoms with Gasteiger partial charge in [0, 0.05) is 11.6 Å². The molecule has 0 amide bonds. The molecule has 3 heterocycles. The molecular weight excluding hydrogens is 305 g/mol. The van der Waals surface area contributed by atoms with Gasteiger partial charge in [-0.3, -0.25) is 4.98 Å². The van der Waals surface area contributed by atoms with Crippen molar-refractivity contribution in [2.45, 2.75) is 13.8 Å². The fourth-order valence-corrected chi connectivity index (χ4v) is 2.57. The molecule has 4 aromatic rings. The number of fused-ring (bicyclic) bond motifs is 2. The zero-order valence-electron chi connectivity index (χ0n) is 13.2. The van der Waals surface area contributed by atoms with Gasteiger partial charge in [-0.05, 0) is 50.3 Å². The van der Waals surface area contributed by atoms with Crippen LogP contribution >= 0.6 is 0 Å². The van der Waals surface area contributed by atoms with Crippen LogP contribution in [0.2, 0.25) is 0 Å². The van der Waals surface area contributed by atoms with Crippen molar-refractivity contribution in [3.63, 3.8) is 0 Å². The Kier molecular flexibility index (Phi) is 3.30. The second kappa shape index (κ2) is 5.49. The van der Waals surface area contributed by atoms with Gasteiger partial charge in [-0.2, -0.15) is 0 Å². The van der Waals surface area contributed by atoms with Crippen molar-refractivity contribution in [2.75, 3.05) is 0 Å². The van der Waals surface area contributed by atoms with Crippen LogP contribution in [-0.4, -0.2) is 24.6 Å². The van der Waals surface area contributed by atoms with Crippen molar-refractivity contribution in [2.24, 2.45) is 0 Å². The summed E-state index contributed by atoms with van der Waals surface area (Å²) in [5.74, 6) is 0.311. The van der Waals surface area contributed by atoms with E-state index < -0.39 is 0 Å². The highest BCUT2D eigenvalue weighted by Crippen LogP contribution is 2.17. The molecule has 0 N–H and O–H groups in total. The van der Waals surface area contributed by atoms with Crippen LogP contribution in [0.4, 0.5) is 4.39 Å². The monoisotopic (exact) mass is 319 g/mol.